The van der Waals surface area contributed by atoms with E-state index in [1.807, 2.05) is 0 Å². The van der Waals surface area contributed by atoms with E-state index < -0.39 is 28.6 Å². The molecular weight excluding hydrogens is 452 g/mol. The van der Waals surface area contributed by atoms with Gasteiger partial charge in [-0.1, -0.05) is 6.07 Å². The second kappa shape index (κ2) is 10.6. The zero-order chi connectivity index (χ0) is 24.0. The van der Waals surface area contributed by atoms with Gasteiger partial charge in [0.05, 0.1) is 23.5 Å². The van der Waals surface area contributed by atoms with Crippen LogP contribution in [0.3, 0.4) is 0 Å². The number of imide groups is 1. The summed E-state index contributed by atoms with van der Waals surface area (Å²) in [6, 6.07) is 10.9. The summed E-state index contributed by atoms with van der Waals surface area (Å²) >= 11 is 0.730. The number of esters is 1. The van der Waals surface area contributed by atoms with Gasteiger partial charge in [-0.3, -0.25) is 29.4 Å². The summed E-state index contributed by atoms with van der Waals surface area (Å²) in [6.07, 6.45) is 1.52. The molecule has 0 saturated carbocycles. The second-order valence-corrected chi connectivity index (χ2v) is 7.69. The molecule has 2 aromatic rings. The largest absolute Gasteiger partial charge is 0.493 e. The summed E-state index contributed by atoms with van der Waals surface area (Å²) < 4.78 is 15.9. The van der Waals surface area contributed by atoms with E-state index in [1.165, 1.54) is 25.3 Å². The number of non-ortho nitro benzene ring substituents is 1. The highest BCUT2D eigenvalue weighted by Crippen LogP contribution is 2.34. The number of nitro benzene ring substituents is 1. The van der Waals surface area contributed by atoms with Gasteiger partial charge in [0.2, 0.25) is 0 Å². The van der Waals surface area contributed by atoms with Crippen LogP contribution in [0.5, 0.6) is 11.5 Å². The molecule has 1 heterocycles. The smallest absolute Gasteiger partial charge is 0.326 e. The third kappa shape index (κ3) is 5.89. The fourth-order valence-corrected chi connectivity index (χ4v) is 3.73. The Kier molecular flexibility index (Phi) is 7.67. The van der Waals surface area contributed by atoms with Crippen LogP contribution in [0.25, 0.3) is 6.08 Å². The Labute approximate surface area is 193 Å². The van der Waals surface area contributed by atoms with Gasteiger partial charge in [-0.15, -0.1) is 0 Å². The highest BCUT2D eigenvalue weighted by atomic mass is 32.2. The van der Waals surface area contributed by atoms with Crippen molar-refractivity contribution in [1.29, 1.82) is 0 Å². The maximum atomic E-state index is 12.6. The summed E-state index contributed by atoms with van der Waals surface area (Å²) in [6.45, 7) is 1.48. The average molecular weight is 472 g/mol. The van der Waals surface area contributed by atoms with Gasteiger partial charge in [-0.2, -0.15) is 0 Å². The Morgan fingerprint density at radius 3 is 2.52 bits per heavy atom. The molecule has 0 aliphatic carbocycles. The summed E-state index contributed by atoms with van der Waals surface area (Å²) in [5.41, 5.74) is 1.28. The van der Waals surface area contributed by atoms with Crippen LogP contribution >= 0.6 is 11.8 Å². The number of nitrogens with zero attached hydrogens (tertiary/aromatic N) is 2. The summed E-state index contributed by atoms with van der Waals surface area (Å²) in [4.78, 5) is 47.7. The molecule has 3 rings (SSSR count). The molecule has 0 N–H and O–H groups in total. The molecule has 10 nitrogen and oxygen atoms in total. The van der Waals surface area contributed by atoms with Crippen molar-refractivity contribution in [3.05, 3.63) is 68.6 Å². The van der Waals surface area contributed by atoms with E-state index in [0.717, 1.165) is 16.7 Å². The molecule has 2 amide bonds. The average Bonchev–Trinajstić information content (AvgIpc) is 3.05. The van der Waals surface area contributed by atoms with Crippen molar-refractivity contribution in [2.75, 3.05) is 20.3 Å². The number of benzene rings is 2. The summed E-state index contributed by atoms with van der Waals surface area (Å²) in [7, 11) is 1.48. The Morgan fingerprint density at radius 2 is 1.88 bits per heavy atom. The fourth-order valence-electron chi connectivity index (χ4n) is 2.89. The van der Waals surface area contributed by atoms with Gasteiger partial charge in [0.1, 0.15) is 13.2 Å². The van der Waals surface area contributed by atoms with Crippen LogP contribution in [0, 0.1) is 10.1 Å². The topological polar surface area (TPSA) is 125 Å². The van der Waals surface area contributed by atoms with Gasteiger partial charge in [0, 0.05) is 12.1 Å². The van der Waals surface area contributed by atoms with Crippen LogP contribution in [0.15, 0.2) is 47.4 Å². The number of hydrogen-bond acceptors (Lipinski definition) is 9. The van der Waals surface area contributed by atoms with Crippen LogP contribution in [0.2, 0.25) is 0 Å². The molecule has 1 aliphatic rings. The Morgan fingerprint density at radius 1 is 1.15 bits per heavy atom. The van der Waals surface area contributed by atoms with Gasteiger partial charge < -0.3 is 14.2 Å². The highest BCUT2D eigenvalue weighted by Gasteiger charge is 2.36. The minimum Gasteiger partial charge on any atom is -0.493 e. The third-order valence-corrected chi connectivity index (χ3v) is 5.40. The number of nitro groups is 1. The molecular formula is C22H20N2O8S. The van der Waals surface area contributed by atoms with Crippen molar-refractivity contribution in [2.24, 2.45) is 0 Å². The lowest BCUT2D eigenvalue weighted by molar-refractivity contribution is -0.384. The number of hydrogen-bond donors (Lipinski definition) is 0. The normalized spacial score (nSPS) is 14.5. The van der Waals surface area contributed by atoms with E-state index in [-0.39, 0.29) is 23.8 Å². The number of thioether (sulfide) groups is 1. The lowest BCUT2D eigenvalue weighted by atomic mass is 10.1. The minimum atomic E-state index is -0.660. The molecule has 1 saturated heterocycles. The van der Waals surface area contributed by atoms with Gasteiger partial charge in [-0.05, 0) is 60.2 Å². The first-order valence-electron chi connectivity index (χ1n) is 9.77. The first-order valence-corrected chi connectivity index (χ1v) is 10.6. The monoisotopic (exact) mass is 472 g/mol. The van der Waals surface area contributed by atoms with Gasteiger partial charge in [0.25, 0.3) is 16.8 Å². The lowest BCUT2D eigenvalue weighted by Gasteiger charge is -2.12. The number of carbonyl (C=O) groups is 3. The minimum absolute atomic E-state index is 0.0183. The predicted octanol–water partition coefficient (Wildman–Crippen LogP) is 3.78. The van der Waals surface area contributed by atoms with E-state index in [4.69, 9.17) is 14.2 Å². The molecule has 172 valence electrons. The summed E-state index contributed by atoms with van der Waals surface area (Å²) in [5.74, 6) is -0.408. The van der Waals surface area contributed by atoms with Crippen LogP contribution in [0.1, 0.15) is 18.1 Å². The molecule has 0 unspecified atom stereocenters. The number of amides is 2. The fraction of sp³-hybridized carbons (Fsp3) is 0.227. The Balaban J connectivity index is 1.75. The standard InChI is InChI=1S/C22H20N2O8S/c1-3-31-20(25)12-23-21(26)19(33-22(23)27)11-15-6-9-17(30-2)18(10-15)32-13-14-4-7-16(8-5-14)24(28)29/h4-11H,3,12-13H2,1-2H3/b19-11-. The first kappa shape index (κ1) is 23.8. The van der Waals surface area contributed by atoms with Crippen LogP contribution in [-0.2, 0) is 20.9 Å². The zero-order valence-electron chi connectivity index (χ0n) is 17.8. The number of ether oxygens (including phenoxy) is 3. The van der Waals surface area contributed by atoms with Crippen LogP contribution in [0.4, 0.5) is 10.5 Å². The predicted molar refractivity (Wildman–Crippen MR) is 120 cm³/mol. The van der Waals surface area contributed by atoms with Crippen LogP contribution < -0.4 is 9.47 Å². The SMILES string of the molecule is CCOC(=O)CN1C(=O)S/C(=C\c2ccc(OC)c(OCc3ccc([N+](=O)[O-])cc3)c2)C1=O. The molecule has 1 aliphatic heterocycles. The highest BCUT2D eigenvalue weighted by molar-refractivity contribution is 8.18. The molecule has 1 fully saturated rings. The Bertz CT molecular complexity index is 1110. The quantitative estimate of drug-likeness (QED) is 0.232. The van der Waals surface area contributed by atoms with Crippen LogP contribution in [-0.4, -0.2) is 47.2 Å². The van der Waals surface area contributed by atoms with Gasteiger partial charge >= 0.3 is 5.97 Å². The van der Waals surface area contributed by atoms with Crippen molar-refractivity contribution < 1.29 is 33.5 Å². The van der Waals surface area contributed by atoms with Crippen molar-refractivity contribution in [1.82, 2.24) is 4.90 Å². The molecule has 0 spiro atoms. The van der Waals surface area contributed by atoms with Crippen molar-refractivity contribution in [2.45, 2.75) is 13.5 Å². The van der Waals surface area contributed by atoms with Crippen molar-refractivity contribution in [3.63, 3.8) is 0 Å². The number of rotatable bonds is 9. The molecule has 33 heavy (non-hydrogen) atoms. The second-order valence-electron chi connectivity index (χ2n) is 6.70. The molecule has 0 radical (unpaired) electrons. The lowest BCUT2D eigenvalue weighted by Crippen LogP contribution is -2.34. The van der Waals surface area contributed by atoms with E-state index in [9.17, 15) is 24.5 Å². The van der Waals surface area contributed by atoms with Crippen molar-refractivity contribution >= 4 is 40.6 Å². The van der Waals surface area contributed by atoms with Crippen molar-refractivity contribution in [3.8, 4) is 11.5 Å². The van der Waals surface area contributed by atoms with E-state index in [0.29, 0.717) is 22.6 Å². The molecule has 0 atom stereocenters. The van der Waals surface area contributed by atoms with E-state index in [2.05, 4.69) is 0 Å². The maximum absolute atomic E-state index is 12.6. The van der Waals surface area contributed by atoms with Gasteiger partial charge in [0.15, 0.2) is 11.5 Å². The molecule has 11 heteroatoms. The maximum Gasteiger partial charge on any atom is 0.326 e. The third-order valence-electron chi connectivity index (χ3n) is 4.49. The number of carbonyl (C=O) groups excluding carboxylic acids is 3. The molecule has 0 bridgehead atoms. The van der Waals surface area contributed by atoms with E-state index in [1.54, 1.807) is 37.3 Å². The molecule has 0 aromatic heterocycles. The number of methoxy groups -OCH3 is 1. The van der Waals surface area contributed by atoms with E-state index >= 15 is 0 Å². The molecule has 2 aromatic carbocycles. The zero-order valence-corrected chi connectivity index (χ0v) is 18.6. The summed E-state index contributed by atoms with van der Waals surface area (Å²) in [5, 5.41) is 10.2. The van der Waals surface area contributed by atoms with Gasteiger partial charge in [-0.25, -0.2) is 0 Å². The first-order chi connectivity index (χ1) is 15.8. The Hall–Kier alpha value is -3.86.